The van der Waals surface area contributed by atoms with E-state index in [4.69, 9.17) is 4.74 Å². The van der Waals surface area contributed by atoms with Gasteiger partial charge in [0.25, 0.3) is 0 Å². The Bertz CT molecular complexity index is 465. The second kappa shape index (κ2) is 6.08. The van der Waals surface area contributed by atoms with E-state index in [2.05, 4.69) is 10.2 Å². The zero-order chi connectivity index (χ0) is 13.9. The second-order valence-electron chi connectivity index (χ2n) is 5.53. The highest BCUT2D eigenvalue weighted by atomic mass is 19.1. The van der Waals surface area contributed by atoms with Crippen LogP contribution in [0.1, 0.15) is 18.4 Å². The van der Waals surface area contributed by atoms with Crippen LogP contribution in [0.15, 0.2) is 18.2 Å². The van der Waals surface area contributed by atoms with Crippen molar-refractivity contribution in [2.24, 2.45) is 0 Å². The highest BCUT2D eigenvalue weighted by Gasteiger charge is 2.26. The first kappa shape index (κ1) is 13.8. The van der Waals surface area contributed by atoms with Gasteiger partial charge in [0.15, 0.2) is 0 Å². The number of aliphatic hydroxyl groups is 1. The molecule has 1 saturated heterocycles. The van der Waals surface area contributed by atoms with Crippen LogP contribution in [0.3, 0.4) is 0 Å². The van der Waals surface area contributed by atoms with Gasteiger partial charge in [-0.05, 0) is 36.6 Å². The number of anilines is 1. The minimum absolute atomic E-state index is 0.0473. The van der Waals surface area contributed by atoms with Crippen molar-refractivity contribution in [3.63, 3.8) is 0 Å². The van der Waals surface area contributed by atoms with Gasteiger partial charge >= 0.3 is 0 Å². The van der Waals surface area contributed by atoms with Crippen molar-refractivity contribution in [2.75, 3.05) is 31.3 Å². The molecule has 20 heavy (non-hydrogen) atoms. The Morgan fingerprint density at radius 3 is 3.00 bits per heavy atom. The van der Waals surface area contributed by atoms with Gasteiger partial charge < -0.3 is 20.1 Å². The average molecular weight is 280 g/mol. The van der Waals surface area contributed by atoms with E-state index < -0.39 is 0 Å². The average Bonchev–Trinajstić information content (AvgIpc) is 3.29. The van der Waals surface area contributed by atoms with Crippen LogP contribution in [0.2, 0.25) is 0 Å². The molecule has 1 aromatic rings. The van der Waals surface area contributed by atoms with Crippen molar-refractivity contribution in [3.05, 3.63) is 29.6 Å². The number of ether oxygens (including phenoxy) is 1. The number of nitrogens with one attached hydrogen (secondary N) is 1. The molecule has 1 heterocycles. The van der Waals surface area contributed by atoms with Crippen molar-refractivity contribution in [3.8, 4) is 0 Å². The lowest BCUT2D eigenvalue weighted by Crippen LogP contribution is -2.48. The molecule has 2 fully saturated rings. The fourth-order valence-electron chi connectivity index (χ4n) is 2.64. The molecule has 0 amide bonds. The van der Waals surface area contributed by atoms with Gasteiger partial charge in [0.2, 0.25) is 0 Å². The van der Waals surface area contributed by atoms with Gasteiger partial charge in [-0.15, -0.1) is 0 Å². The van der Waals surface area contributed by atoms with Crippen molar-refractivity contribution in [1.82, 2.24) is 5.32 Å². The van der Waals surface area contributed by atoms with Gasteiger partial charge in [0, 0.05) is 24.8 Å². The van der Waals surface area contributed by atoms with Crippen LogP contribution < -0.4 is 10.2 Å². The largest absolute Gasteiger partial charge is 0.394 e. The number of rotatable bonds is 5. The number of nitrogens with zero attached hydrogens (tertiary/aromatic N) is 1. The lowest BCUT2D eigenvalue weighted by molar-refractivity contribution is 0.0726. The predicted octanol–water partition coefficient (Wildman–Crippen LogP) is 1.28. The highest BCUT2D eigenvalue weighted by Crippen LogP contribution is 2.27. The van der Waals surface area contributed by atoms with Gasteiger partial charge in [0.05, 0.1) is 25.9 Å². The molecular formula is C15H21FN2O2. The quantitative estimate of drug-likeness (QED) is 0.853. The van der Waals surface area contributed by atoms with Crippen LogP contribution in [0, 0.1) is 5.82 Å². The van der Waals surface area contributed by atoms with Crippen LogP contribution in [0.4, 0.5) is 10.1 Å². The summed E-state index contributed by atoms with van der Waals surface area (Å²) in [5.74, 6) is -0.213. The number of hydrogen-bond acceptors (Lipinski definition) is 4. The van der Waals surface area contributed by atoms with E-state index >= 15 is 0 Å². The van der Waals surface area contributed by atoms with Gasteiger partial charge in [-0.2, -0.15) is 0 Å². The number of morpholine rings is 1. The summed E-state index contributed by atoms with van der Waals surface area (Å²) in [6, 6.07) is 5.43. The summed E-state index contributed by atoms with van der Waals surface area (Å²) in [5.41, 5.74) is 1.96. The molecule has 1 saturated carbocycles. The first-order valence-electron chi connectivity index (χ1n) is 7.25. The van der Waals surface area contributed by atoms with Crippen LogP contribution >= 0.6 is 0 Å². The summed E-state index contributed by atoms with van der Waals surface area (Å²) < 4.78 is 18.9. The minimum Gasteiger partial charge on any atom is -0.394 e. The smallest absolute Gasteiger partial charge is 0.123 e. The Kier molecular flexibility index (Phi) is 4.19. The molecular weight excluding hydrogens is 259 g/mol. The molecule has 1 atom stereocenters. The zero-order valence-corrected chi connectivity index (χ0v) is 11.5. The molecule has 1 aromatic carbocycles. The Hall–Kier alpha value is -1.17. The van der Waals surface area contributed by atoms with Crippen LogP contribution in [0.25, 0.3) is 0 Å². The second-order valence-corrected chi connectivity index (χ2v) is 5.53. The maximum Gasteiger partial charge on any atom is 0.123 e. The summed E-state index contributed by atoms with van der Waals surface area (Å²) in [5, 5.41) is 12.9. The van der Waals surface area contributed by atoms with E-state index in [0.717, 1.165) is 17.8 Å². The van der Waals surface area contributed by atoms with Crippen LogP contribution in [-0.4, -0.2) is 43.6 Å². The van der Waals surface area contributed by atoms with Gasteiger partial charge in [-0.25, -0.2) is 4.39 Å². The third-order valence-corrected chi connectivity index (χ3v) is 3.95. The lowest BCUT2D eigenvalue weighted by Gasteiger charge is -2.37. The number of halogens is 1. The Labute approximate surface area is 118 Å². The first-order valence-corrected chi connectivity index (χ1v) is 7.25. The maximum absolute atomic E-state index is 13.5. The molecule has 0 bridgehead atoms. The van der Waals surface area contributed by atoms with E-state index in [1.54, 1.807) is 6.07 Å². The summed E-state index contributed by atoms with van der Waals surface area (Å²) in [4.78, 5) is 2.13. The molecule has 1 aliphatic carbocycles. The normalized spacial score (nSPS) is 23.1. The summed E-state index contributed by atoms with van der Waals surface area (Å²) in [7, 11) is 0. The molecule has 1 unspecified atom stereocenters. The summed E-state index contributed by atoms with van der Waals surface area (Å²) >= 11 is 0. The summed E-state index contributed by atoms with van der Waals surface area (Å²) in [6.45, 7) is 2.61. The maximum atomic E-state index is 13.5. The first-order chi connectivity index (χ1) is 9.78. The Balaban J connectivity index is 1.81. The van der Waals surface area contributed by atoms with E-state index in [1.807, 2.05) is 6.07 Å². The topological polar surface area (TPSA) is 44.7 Å². The summed E-state index contributed by atoms with van der Waals surface area (Å²) in [6.07, 6.45) is 2.42. The Morgan fingerprint density at radius 2 is 2.25 bits per heavy atom. The number of benzene rings is 1. The number of hydrogen-bond donors (Lipinski definition) is 2. The van der Waals surface area contributed by atoms with E-state index in [-0.39, 0.29) is 18.5 Å². The van der Waals surface area contributed by atoms with Gasteiger partial charge in [0.1, 0.15) is 5.82 Å². The van der Waals surface area contributed by atoms with Crippen molar-refractivity contribution < 1.29 is 14.2 Å². The molecule has 5 heteroatoms. The SMILES string of the molecule is OCC1COCCN1c1ccc(F)cc1CNC1CC1. The standard InChI is InChI=1S/C15H21FN2O2/c16-12-1-4-15(11(7-12)8-17-13-2-3-13)18-5-6-20-10-14(18)9-19/h1,4,7,13-14,17,19H,2-3,5-6,8-10H2. The van der Waals surface area contributed by atoms with Crippen molar-refractivity contribution >= 4 is 5.69 Å². The Morgan fingerprint density at radius 1 is 1.40 bits per heavy atom. The molecule has 110 valence electrons. The van der Waals surface area contributed by atoms with E-state index in [9.17, 15) is 9.50 Å². The van der Waals surface area contributed by atoms with E-state index in [0.29, 0.717) is 25.8 Å². The predicted molar refractivity (Wildman–Crippen MR) is 75.3 cm³/mol. The lowest BCUT2D eigenvalue weighted by atomic mass is 10.1. The van der Waals surface area contributed by atoms with Crippen LogP contribution in [0.5, 0.6) is 0 Å². The molecule has 1 aliphatic heterocycles. The third kappa shape index (κ3) is 3.11. The van der Waals surface area contributed by atoms with Crippen LogP contribution in [-0.2, 0) is 11.3 Å². The zero-order valence-electron chi connectivity index (χ0n) is 11.5. The molecule has 2 N–H and O–H groups in total. The molecule has 0 aromatic heterocycles. The third-order valence-electron chi connectivity index (χ3n) is 3.95. The highest BCUT2D eigenvalue weighted by molar-refractivity contribution is 5.55. The fourth-order valence-corrected chi connectivity index (χ4v) is 2.64. The molecule has 0 radical (unpaired) electrons. The fraction of sp³-hybridized carbons (Fsp3) is 0.600. The molecule has 4 nitrogen and oxygen atoms in total. The monoisotopic (exact) mass is 280 g/mol. The van der Waals surface area contributed by atoms with Gasteiger partial charge in [-0.1, -0.05) is 0 Å². The van der Waals surface area contributed by atoms with E-state index in [1.165, 1.54) is 18.9 Å². The molecule has 2 aliphatic rings. The molecule has 3 rings (SSSR count). The minimum atomic E-state index is -0.213. The number of aliphatic hydroxyl groups excluding tert-OH is 1. The van der Waals surface area contributed by atoms with Gasteiger partial charge in [-0.3, -0.25) is 0 Å². The van der Waals surface area contributed by atoms with Crippen molar-refractivity contribution in [1.29, 1.82) is 0 Å². The van der Waals surface area contributed by atoms with Crippen molar-refractivity contribution in [2.45, 2.75) is 31.5 Å². The molecule has 0 spiro atoms.